The molecule has 0 saturated heterocycles. The third-order valence-electron chi connectivity index (χ3n) is 2.06. The van der Waals surface area contributed by atoms with Crippen LogP contribution in [0.4, 0.5) is 11.4 Å². The fourth-order valence-electron chi connectivity index (χ4n) is 1.31. The van der Waals surface area contributed by atoms with Gasteiger partial charge in [-0.25, -0.2) is 0 Å². The van der Waals surface area contributed by atoms with Crippen LogP contribution in [0.2, 0.25) is 0 Å². The molecule has 2 N–H and O–H groups in total. The maximum absolute atomic E-state index is 10.8. The van der Waals surface area contributed by atoms with Crippen molar-refractivity contribution < 1.29 is 9.49 Å². The number of pyridine rings is 2. The van der Waals surface area contributed by atoms with Gasteiger partial charge in [-0.3, -0.25) is 10.1 Å². The normalized spacial score (nSPS) is 10.0. The van der Waals surface area contributed by atoms with Crippen LogP contribution in [0, 0.1) is 10.1 Å². The Bertz CT molecular complexity index is 525. The van der Waals surface area contributed by atoms with Crippen molar-refractivity contribution in [2.75, 3.05) is 5.73 Å². The van der Waals surface area contributed by atoms with E-state index in [0.717, 1.165) is 0 Å². The van der Waals surface area contributed by atoms with Gasteiger partial charge in [-0.2, -0.15) is 4.57 Å². The Hall–Kier alpha value is -2.50. The van der Waals surface area contributed by atoms with Crippen LogP contribution in [-0.2, 0) is 0 Å². The zero-order valence-electron chi connectivity index (χ0n) is 8.28. The summed E-state index contributed by atoms with van der Waals surface area (Å²) >= 11 is 0. The van der Waals surface area contributed by atoms with Crippen LogP contribution in [0.15, 0.2) is 42.9 Å². The summed E-state index contributed by atoms with van der Waals surface area (Å²) in [5.41, 5.74) is 6.08. The monoisotopic (exact) mass is 217 g/mol. The summed E-state index contributed by atoms with van der Waals surface area (Å²) in [6.45, 7) is 0. The molecule has 0 fully saturated rings. The van der Waals surface area contributed by atoms with Crippen LogP contribution in [0.25, 0.3) is 5.82 Å². The lowest BCUT2D eigenvalue weighted by atomic mass is 10.3. The SMILES string of the molecule is Nc1cc[n+](-c2ncccc2[N+](=O)[O-])cc1. The van der Waals surface area contributed by atoms with Crippen molar-refractivity contribution in [1.82, 2.24) is 4.98 Å². The molecule has 0 unspecified atom stereocenters. The Morgan fingerprint density at radius 2 is 2.00 bits per heavy atom. The number of nitrogens with zero attached hydrogens (tertiary/aromatic N) is 3. The lowest BCUT2D eigenvalue weighted by molar-refractivity contribution is -0.604. The molecule has 0 radical (unpaired) electrons. The van der Waals surface area contributed by atoms with Crippen LogP contribution in [0.3, 0.4) is 0 Å². The largest absolute Gasteiger partial charge is 0.406 e. The lowest BCUT2D eigenvalue weighted by Gasteiger charge is -1.97. The van der Waals surface area contributed by atoms with Gasteiger partial charge >= 0.3 is 11.5 Å². The predicted octanol–water partition coefficient (Wildman–Crippen LogP) is 0.849. The molecule has 16 heavy (non-hydrogen) atoms. The molecular formula is C10H9N4O2+. The minimum absolute atomic E-state index is 0.0442. The highest BCUT2D eigenvalue weighted by molar-refractivity contribution is 5.40. The summed E-state index contributed by atoms with van der Waals surface area (Å²) in [6.07, 6.45) is 4.76. The topological polar surface area (TPSA) is 85.9 Å². The van der Waals surface area contributed by atoms with Gasteiger partial charge in [-0.05, 0) is 11.1 Å². The van der Waals surface area contributed by atoms with Crippen LogP contribution in [0.1, 0.15) is 0 Å². The van der Waals surface area contributed by atoms with Gasteiger partial charge < -0.3 is 5.73 Å². The van der Waals surface area contributed by atoms with Crippen molar-refractivity contribution in [1.29, 1.82) is 0 Å². The number of nitrogen functional groups attached to an aromatic ring is 1. The molecule has 0 saturated carbocycles. The molecule has 6 nitrogen and oxygen atoms in total. The fraction of sp³-hybridized carbons (Fsp3) is 0. The Labute approximate surface area is 91.1 Å². The van der Waals surface area contributed by atoms with Crippen LogP contribution in [-0.4, -0.2) is 9.91 Å². The molecular weight excluding hydrogens is 208 g/mol. The minimum atomic E-state index is -0.467. The average Bonchev–Trinajstić information content (AvgIpc) is 2.30. The molecule has 6 heteroatoms. The summed E-state index contributed by atoms with van der Waals surface area (Å²) in [4.78, 5) is 14.3. The van der Waals surface area contributed by atoms with Crippen molar-refractivity contribution in [3.05, 3.63) is 53.0 Å². The molecule has 0 aliphatic rings. The fourth-order valence-corrected chi connectivity index (χ4v) is 1.31. The van der Waals surface area contributed by atoms with Gasteiger partial charge in [0.1, 0.15) is 6.20 Å². The second kappa shape index (κ2) is 3.93. The van der Waals surface area contributed by atoms with E-state index in [1.54, 1.807) is 29.1 Å². The van der Waals surface area contributed by atoms with E-state index in [1.165, 1.54) is 18.3 Å². The van der Waals surface area contributed by atoms with E-state index in [2.05, 4.69) is 4.98 Å². The van der Waals surface area contributed by atoms with Crippen molar-refractivity contribution in [2.24, 2.45) is 0 Å². The number of nitro groups is 1. The van der Waals surface area contributed by atoms with Gasteiger partial charge in [0.15, 0.2) is 0 Å². The number of rotatable bonds is 2. The molecule has 0 aliphatic carbocycles. The molecule has 0 bridgehead atoms. The average molecular weight is 217 g/mol. The van der Waals surface area contributed by atoms with Crippen LogP contribution in [0.5, 0.6) is 0 Å². The maximum Gasteiger partial charge on any atom is 0.406 e. The molecule has 0 spiro atoms. The highest BCUT2D eigenvalue weighted by atomic mass is 16.6. The molecule has 0 aromatic carbocycles. The van der Waals surface area contributed by atoms with Gasteiger partial charge in [0.2, 0.25) is 0 Å². The zero-order valence-corrected chi connectivity index (χ0v) is 8.28. The first-order valence-electron chi connectivity index (χ1n) is 4.55. The molecule has 2 aromatic rings. The van der Waals surface area contributed by atoms with Crippen molar-refractivity contribution in [2.45, 2.75) is 0 Å². The number of aromatic nitrogens is 2. The van der Waals surface area contributed by atoms with Gasteiger partial charge in [-0.1, -0.05) is 0 Å². The zero-order chi connectivity index (χ0) is 11.5. The van der Waals surface area contributed by atoms with E-state index >= 15 is 0 Å². The van der Waals surface area contributed by atoms with E-state index < -0.39 is 4.92 Å². The van der Waals surface area contributed by atoms with E-state index in [-0.39, 0.29) is 11.5 Å². The summed E-state index contributed by atoms with van der Waals surface area (Å²) in [5.74, 6) is 0.271. The molecule has 0 aliphatic heterocycles. The van der Waals surface area contributed by atoms with Gasteiger partial charge in [0.25, 0.3) is 0 Å². The Balaban J connectivity index is 2.55. The maximum atomic E-state index is 10.8. The molecule has 2 rings (SSSR count). The van der Waals surface area contributed by atoms with E-state index in [4.69, 9.17) is 5.73 Å². The summed E-state index contributed by atoms with van der Waals surface area (Å²) in [7, 11) is 0. The van der Waals surface area contributed by atoms with Crippen LogP contribution >= 0.6 is 0 Å². The summed E-state index contributed by atoms with van der Waals surface area (Å²) in [6, 6.07) is 6.24. The highest BCUT2D eigenvalue weighted by Crippen LogP contribution is 2.14. The Morgan fingerprint density at radius 1 is 1.31 bits per heavy atom. The van der Waals surface area contributed by atoms with E-state index in [1.807, 2.05) is 0 Å². The molecule has 2 heterocycles. The van der Waals surface area contributed by atoms with Crippen LogP contribution < -0.4 is 10.3 Å². The smallest absolute Gasteiger partial charge is 0.399 e. The third kappa shape index (κ3) is 1.81. The number of hydrogen-bond donors (Lipinski definition) is 1. The summed E-state index contributed by atoms with van der Waals surface area (Å²) < 4.78 is 1.55. The Kier molecular flexibility index (Phi) is 2.47. The summed E-state index contributed by atoms with van der Waals surface area (Å²) in [5, 5.41) is 10.8. The number of hydrogen-bond acceptors (Lipinski definition) is 4. The van der Waals surface area contributed by atoms with Gasteiger partial charge in [0.05, 0.1) is 17.3 Å². The van der Waals surface area contributed by atoms with Gasteiger partial charge in [-0.15, -0.1) is 0 Å². The van der Waals surface area contributed by atoms with E-state index in [0.29, 0.717) is 5.69 Å². The number of nitrogens with two attached hydrogens (primary N) is 1. The Morgan fingerprint density at radius 3 is 2.62 bits per heavy atom. The van der Waals surface area contributed by atoms with Crippen molar-refractivity contribution in [3.63, 3.8) is 0 Å². The quantitative estimate of drug-likeness (QED) is 0.459. The minimum Gasteiger partial charge on any atom is -0.399 e. The van der Waals surface area contributed by atoms with Crippen molar-refractivity contribution >= 4 is 11.4 Å². The molecule has 0 amide bonds. The standard InChI is InChI=1S/C10H8N4O2/c11-8-3-6-13(7-4-8)10-9(14(15)16)2-1-5-12-10/h1-7,11H/p+1. The second-order valence-corrected chi connectivity index (χ2v) is 3.14. The predicted molar refractivity (Wildman–Crippen MR) is 56.8 cm³/mol. The molecule has 0 atom stereocenters. The first kappa shape index (κ1) is 10.0. The first-order chi connectivity index (χ1) is 7.68. The van der Waals surface area contributed by atoms with E-state index in [9.17, 15) is 10.1 Å². The van der Waals surface area contributed by atoms with Crippen molar-refractivity contribution in [3.8, 4) is 5.82 Å². The number of anilines is 1. The molecule has 2 aromatic heterocycles. The second-order valence-electron chi connectivity index (χ2n) is 3.14. The molecule has 80 valence electrons. The lowest BCUT2D eigenvalue weighted by Crippen LogP contribution is -2.31. The first-order valence-corrected chi connectivity index (χ1v) is 4.55. The van der Waals surface area contributed by atoms with Gasteiger partial charge in [0, 0.05) is 23.9 Å². The highest BCUT2D eigenvalue weighted by Gasteiger charge is 2.23. The third-order valence-corrected chi connectivity index (χ3v) is 2.06.